The van der Waals surface area contributed by atoms with E-state index >= 15 is 0 Å². The third-order valence-electron chi connectivity index (χ3n) is 5.68. The van der Waals surface area contributed by atoms with Crippen LogP contribution in [0.1, 0.15) is 5.56 Å². The van der Waals surface area contributed by atoms with E-state index in [4.69, 9.17) is 4.74 Å². The molecule has 4 aromatic rings. The van der Waals surface area contributed by atoms with Crippen LogP contribution in [0.3, 0.4) is 0 Å². The first-order valence-electron chi connectivity index (χ1n) is 10.5. The molecule has 1 fully saturated rings. The van der Waals surface area contributed by atoms with Crippen molar-refractivity contribution in [2.75, 3.05) is 26.3 Å². The highest BCUT2D eigenvalue weighted by Gasteiger charge is 2.22. The molecule has 5 nitrogen and oxygen atoms in total. The lowest BCUT2D eigenvalue weighted by Gasteiger charge is -2.23. The molecule has 1 N–H and O–H groups in total. The molecule has 31 heavy (non-hydrogen) atoms. The normalized spacial score (nSPS) is 14.6. The Morgan fingerprint density at radius 3 is 2.42 bits per heavy atom. The van der Waals surface area contributed by atoms with Crippen LogP contribution in [0.5, 0.6) is 0 Å². The lowest BCUT2D eigenvalue weighted by Crippen LogP contribution is -3.12. The summed E-state index contributed by atoms with van der Waals surface area (Å²) in [6, 6.07) is 20.9. The molecule has 5 rings (SSSR count). The van der Waals surface area contributed by atoms with Gasteiger partial charge in [0.1, 0.15) is 25.5 Å². The monoisotopic (exact) mass is 415 g/mol. The zero-order valence-corrected chi connectivity index (χ0v) is 17.2. The molecular weight excluding hydrogens is 391 g/mol. The Morgan fingerprint density at radius 2 is 1.68 bits per heavy atom. The van der Waals surface area contributed by atoms with E-state index < -0.39 is 0 Å². The number of hydrogen-bond acceptors (Lipinski definition) is 3. The Bertz CT molecular complexity index is 1150. The van der Waals surface area contributed by atoms with E-state index in [0.29, 0.717) is 5.56 Å². The number of ether oxygens (including phenoxy) is 1. The molecule has 0 atom stereocenters. The Balaban J connectivity index is 1.54. The van der Waals surface area contributed by atoms with Crippen LogP contribution in [0.4, 0.5) is 4.39 Å². The van der Waals surface area contributed by atoms with Gasteiger partial charge in [-0.3, -0.25) is 4.98 Å². The van der Waals surface area contributed by atoms with Crippen molar-refractivity contribution < 1.29 is 14.0 Å². The number of hydrogen-bond donors (Lipinski definition) is 1. The Morgan fingerprint density at radius 1 is 0.903 bits per heavy atom. The van der Waals surface area contributed by atoms with Crippen molar-refractivity contribution >= 4 is 0 Å². The molecule has 0 amide bonds. The smallest absolute Gasteiger partial charge is 0.132 e. The SMILES string of the molecule is Fc1ccccc1-c1c(C[NH+]2CCOCC2)cnn1-c1ccc(-c2ccccc2)nc1. The minimum atomic E-state index is -0.253. The maximum Gasteiger partial charge on any atom is 0.132 e. The molecule has 6 heteroatoms. The molecule has 3 heterocycles. The van der Waals surface area contributed by atoms with Gasteiger partial charge in [-0.25, -0.2) is 9.07 Å². The predicted octanol–water partition coefficient (Wildman–Crippen LogP) is 3.16. The van der Waals surface area contributed by atoms with E-state index in [1.807, 2.05) is 60.8 Å². The van der Waals surface area contributed by atoms with Gasteiger partial charge in [-0.2, -0.15) is 5.10 Å². The average Bonchev–Trinajstić information content (AvgIpc) is 3.24. The molecule has 0 bridgehead atoms. The van der Waals surface area contributed by atoms with Crippen LogP contribution in [0.2, 0.25) is 0 Å². The Labute approximate surface area is 180 Å². The van der Waals surface area contributed by atoms with Crippen LogP contribution in [-0.2, 0) is 11.3 Å². The van der Waals surface area contributed by atoms with Crippen molar-refractivity contribution in [1.82, 2.24) is 14.8 Å². The minimum Gasteiger partial charge on any atom is -0.370 e. The first kappa shape index (κ1) is 19.6. The molecule has 0 unspecified atom stereocenters. The van der Waals surface area contributed by atoms with E-state index in [1.54, 1.807) is 16.9 Å². The molecule has 156 valence electrons. The van der Waals surface area contributed by atoms with Crippen molar-refractivity contribution in [3.05, 3.63) is 90.5 Å². The van der Waals surface area contributed by atoms with Gasteiger partial charge in [-0.05, 0) is 24.3 Å². The summed E-state index contributed by atoms with van der Waals surface area (Å²) in [4.78, 5) is 6.05. The second-order valence-corrected chi connectivity index (χ2v) is 7.72. The summed E-state index contributed by atoms with van der Waals surface area (Å²) in [7, 11) is 0. The first-order valence-corrected chi connectivity index (χ1v) is 10.5. The lowest BCUT2D eigenvalue weighted by molar-refractivity contribution is -0.921. The van der Waals surface area contributed by atoms with Crippen LogP contribution in [0.15, 0.2) is 79.1 Å². The molecule has 0 aliphatic carbocycles. The van der Waals surface area contributed by atoms with Crippen molar-refractivity contribution in [3.8, 4) is 28.2 Å². The molecule has 1 aliphatic rings. The number of morpholine rings is 1. The molecule has 1 saturated heterocycles. The van der Waals surface area contributed by atoms with Crippen molar-refractivity contribution in [2.45, 2.75) is 6.54 Å². The summed E-state index contributed by atoms with van der Waals surface area (Å²) in [5.41, 5.74) is 5.11. The van der Waals surface area contributed by atoms with Gasteiger partial charge in [0.05, 0.1) is 48.2 Å². The number of rotatable bonds is 5. The molecule has 0 spiro atoms. The summed E-state index contributed by atoms with van der Waals surface area (Å²) >= 11 is 0. The number of pyridine rings is 1. The van der Waals surface area contributed by atoms with Gasteiger partial charge in [-0.1, -0.05) is 42.5 Å². The maximum atomic E-state index is 14.8. The average molecular weight is 415 g/mol. The molecule has 2 aromatic carbocycles. The minimum absolute atomic E-state index is 0.253. The number of nitrogens with one attached hydrogen (secondary N) is 1. The third-order valence-corrected chi connectivity index (χ3v) is 5.68. The summed E-state index contributed by atoms with van der Waals surface area (Å²) < 4.78 is 22.1. The maximum absolute atomic E-state index is 14.8. The van der Waals surface area contributed by atoms with Crippen LogP contribution in [0, 0.1) is 5.82 Å². The standard InChI is InChI=1S/C25H23FN4O/c26-23-9-5-4-8-22(23)25-20(18-29-12-14-31-15-13-29)16-28-30(25)21-10-11-24(27-17-21)19-6-2-1-3-7-19/h1-11,16-17H,12-15,18H2/p+1. The van der Waals surface area contributed by atoms with Gasteiger partial charge in [-0.15, -0.1) is 0 Å². The molecule has 1 aliphatic heterocycles. The van der Waals surface area contributed by atoms with Crippen LogP contribution < -0.4 is 4.90 Å². The Hall–Kier alpha value is -3.35. The van der Waals surface area contributed by atoms with E-state index in [2.05, 4.69) is 10.1 Å². The lowest BCUT2D eigenvalue weighted by atomic mass is 10.1. The Kier molecular flexibility index (Phi) is 5.56. The van der Waals surface area contributed by atoms with E-state index in [1.165, 1.54) is 11.0 Å². The van der Waals surface area contributed by atoms with Crippen LogP contribution in [-0.4, -0.2) is 41.1 Å². The van der Waals surface area contributed by atoms with Gasteiger partial charge < -0.3 is 9.64 Å². The topological polar surface area (TPSA) is 44.4 Å². The fraction of sp³-hybridized carbons (Fsp3) is 0.200. The molecule has 2 aromatic heterocycles. The zero-order chi connectivity index (χ0) is 21.0. The van der Waals surface area contributed by atoms with E-state index in [-0.39, 0.29) is 5.82 Å². The van der Waals surface area contributed by atoms with Crippen molar-refractivity contribution in [1.29, 1.82) is 0 Å². The zero-order valence-electron chi connectivity index (χ0n) is 17.2. The summed E-state index contributed by atoms with van der Waals surface area (Å²) in [5.74, 6) is -0.253. The van der Waals surface area contributed by atoms with Crippen molar-refractivity contribution in [2.24, 2.45) is 0 Å². The predicted molar refractivity (Wildman–Crippen MR) is 117 cm³/mol. The van der Waals surface area contributed by atoms with Gasteiger partial charge in [0.2, 0.25) is 0 Å². The highest BCUT2D eigenvalue weighted by Crippen LogP contribution is 2.29. The summed E-state index contributed by atoms with van der Waals surface area (Å²) in [5, 5.41) is 4.64. The van der Waals surface area contributed by atoms with Crippen molar-refractivity contribution in [3.63, 3.8) is 0 Å². The number of aromatic nitrogens is 3. The van der Waals surface area contributed by atoms with Crippen LogP contribution >= 0.6 is 0 Å². The highest BCUT2D eigenvalue weighted by atomic mass is 19.1. The van der Waals surface area contributed by atoms with E-state index in [9.17, 15) is 4.39 Å². The molecular formula is C25H24FN4O+. The number of benzene rings is 2. The van der Waals surface area contributed by atoms with E-state index in [0.717, 1.165) is 61.1 Å². The fourth-order valence-electron chi connectivity index (χ4n) is 4.04. The first-order chi connectivity index (χ1) is 15.3. The second-order valence-electron chi connectivity index (χ2n) is 7.72. The number of quaternary nitrogens is 1. The number of halogens is 1. The second kappa shape index (κ2) is 8.79. The van der Waals surface area contributed by atoms with Gasteiger partial charge in [0.15, 0.2) is 0 Å². The quantitative estimate of drug-likeness (QED) is 0.545. The fourth-order valence-corrected chi connectivity index (χ4v) is 4.04. The van der Waals surface area contributed by atoms with Gasteiger partial charge in [0.25, 0.3) is 0 Å². The molecule has 0 radical (unpaired) electrons. The summed E-state index contributed by atoms with van der Waals surface area (Å²) in [6.45, 7) is 4.17. The van der Waals surface area contributed by atoms with Gasteiger partial charge in [0, 0.05) is 11.1 Å². The van der Waals surface area contributed by atoms with Gasteiger partial charge >= 0.3 is 0 Å². The largest absolute Gasteiger partial charge is 0.370 e. The highest BCUT2D eigenvalue weighted by molar-refractivity contribution is 5.67. The number of nitrogens with zero attached hydrogens (tertiary/aromatic N) is 3. The van der Waals surface area contributed by atoms with Crippen LogP contribution in [0.25, 0.3) is 28.2 Å². The molecule has 0 saturated carbocycles. The summed E-state index contributed by atoms with van der Waals surface area (Å²) in [6.07, 6.45) is 3.65. The third kappa shape index (κ3) is 4.13.